The molecule has 5 nitrogen and oxygen atoms in total. The van der Waals surface area contributed by atoms with E-state index in [9.17, 15) is 9.59 Å². The Morgan fingerprint density at radius 1 is 1.36 bits per heavy atom. The SMILES string of the molecule is CC(C)c1ccc2c(c1)C(NC(=O)NCCCC(=O)O)CC2. The van der Waals surface area contributed by atoms with Gasteiger partial charge in [0, 0.05) is 13.0 Å². The van der Waals surface area contributed by atoms with Crippen LogP contribution in [0.3, 0.4) is 0 Å². The van der Waals surface area contributed by atoms with Crippen LogP contribution in [-0.4, -0.2) is 23.7 Å². The molecule has 1 aliphatic carbocycles. The van der Waals surface area contributed by atoms with Crippen LogP contribution in [0, 0.1) is 0 Å². The first-order chi connectivity index (χ1) is 10.5. The van der Waals surface area contributed by atoms with Crippen molar-refractivity contribution in [1.29, 1.82) is 0 Å². The summed E-state index contributed by atoms with van der Waals surface area (Å²) in [6.45, 7) is 4.70. The molecule has 0 radical (unpaired) electrons. The van der Waals surface area contributed by atoms with Gasteiger partial charge in [0.25, 0.3) is 0 Å². The van der Waals surface area contributed by atoms with Crippen molar-refractivity contribution in [2.24, 2.45) is 0 Å². The summed E-state index contributed by atoms with van der Waals surface area (Å²) < 4.78 is 0. The third kappa shape index (κ3) is 4.23. The number of benzene rings is 1. The van der Waals surface area contributed by atoms with Crippen molar-refractivity contribution in [3.05, 3.63) is 34.9 Å². The molecule has 1 aliphatic rings. The largest absolute Gasteiger partial charge is 0.481 e. The van der Waals surface area contributed by atoms with Crippen molar-refractivity contribution in [1.82, 2.24) is 10.6 Å². The van der Waals surface area contributed by atoms with Gasteiger partial charge in [0.05, 0.1) is 6.04 Å². The Hall–Kier alpha value is -2.04. The van der Waals surface area contributed by atoms with Crippen LogP contribution in [0.4, 0.5) is 4.79 Å². The lowest BCUT2D eigenvalue weighted by atomic mass is 9.97. The number of nitrogens with one attached hydrogen (secondary N) is 2. The maximum atomic E-state index is 11.9. The molecule has 0 fully saturated rings. The van der Waals surface area contributed by atoms with Gasteiger partial charge in [-0.15, -0.1) is 0 Å². The summed E-state index contributed by atoms with van der Waals surface area (Å²) in [7, 11) is 0. The van der Waals surface area contributed by atoms with Gasteiger partial charge < -0.3 is 15.7 Å². The lowest BCUT2D eigenvalue weighted by Gasteiger charge is -2.16. The Balaban J connectivity index is 1.89. The number of hydrogen-bond donors (Lipinski definition) is 3. The highest BCUT2D eigenvalue weighted by molar-refractivity contribution is 5.74. The van der Waals surface area contributed by atoms with Gasteiger partial charge in [0.2, 0.25) is 0 Å². The fraction of sp³-hybridized carbons (Fsp3) is 0.529. The molecule has 1 aromatic rings. The first kappa shape index (κ1) is 16.3. The van der Waals surface area contributed by atoms with Crippen molar-refractivity contribution in [3.63, 3.8) is 0 Å². The molecule has 0 spiro atoms. The lowest BCUT2D eigenvalue weighted by Crippen LogP contribution is -2.37. The second kappa shape index (κ2) is 7.29. The van der Waals surface area contributed by atoms with E-state index in [-0.39, 0.29) is 18.5 Å². The van der Waals surface area contributed by atoms with E-state index < -0.39 is 5.97 Å². The first-order valence-corrected chi connectivity index (χ1v) is 7.86. The second-order valence-electron chi connectivity index (χ2n) is 6.10. The van der Waals surface area contributed by atoms with Crippen molar-refractivity contribution in [2.75, 3.05) is 6.54 Å². The minimum absolute atomic E-state index is 0.0492. The second-order valence-corrected chi connectivity index (χ2v) is 6.10. The lowest BCUT2D eigenvalue weighted by molar-refractivity contribution is -0.137. The summed E-state index contributed by atoms with van der Waals surface area (Å²) in [5.74, 6) is -0.371. The highest BCUT2D eigenvalue weighted by Gasteiger charge is 2.24. The highest BCUT2D eigenvalue weighted by atomic mass is 16.4. The molecule has 0 aromatic heterocycles. The van der Waals surface area contributed by atoms with Crippen LogP contribution in [0.5, 0.6) is 0 Å². The number of carboxylic acid groups (broad SMARTS) is 1. The van der Waals surface area contributed by atoms with E-state index in [1.807, 2.05) is 0 Å². The average molecular weight is 304 g/mol. The summed E-state index contributed by atoms with van der Waals surface area (Å²) in [5.41, 5.74) is 3.81. The number of amides is 2. The summed E-state index contributed by atoms with van der Waals surface area (Å²) in [4.78, 5) is 22.3. The normalized spacial score (nSPS) is 16.4. The van der Waals surface area contributed by atoms with E-state index in [1.54, 1.807) is 0 Å². The standard InChI is InChI=1S/C17H24N2O3/c1-11(2)13-6-5-12-7-8-15(14(12)10-13)19-17(22)18-9-3-4-16(20)21/h5-6,10-11,15H,3-4,7-9H2,1-2H3,(H,20,21)(H2,18,19,22). The van der Waals surface area contributed by atoms with Gasteiger partial charge in [-0.25, -0.2) is 4.79 Å². The minimum atomic E-state index is -0.840. The van der Waals surface area contributed by atoms with Crippen LogP contribution in [-0.2, 0) is 11.2 Å². The third-order valence-corrected chi connectivity index (χ3v) is 4.07. The molecule has 5 heteroatoms. The van der Waals surface area contributed by atoms with Crippen molar-refractivity contribution >= 4 is 12.0 Å². The summed E-state index contributed by atoms with van der Waals surface area (Å²) >= 11 is 0. The predicted molar refractivity (Wildman–Crippen MR) is 85.0 cm³/mol. The summed E-state index contributed by atoms with van der Waals surface area (Å²) in [6.07, 6.45) is 2.42. The van der Waals surface area contributed by atoms with Crippen LogP contribution in [0.15, 0.2) is 18.2 Å². The maximum Gasteiger partial charge on any atom is 0.315 e. The van der Waals surface area contributed by atoms with E-state index in [1.165, 1.54) is 16.7 Å². The molecule has 0 heterocycles. The molecule has 1 aromatic carbocycles. The molecule has 120 valence electrons. The third-order valence-electron chi connectivity index (χ3n) is 4.07. The smallest absolute Gasteiger partial charge is 0.315 e. The van der Waals surface area contributed by atoms with Crippen LogP contribution < -0.4 is 10.6 Å². The molecule has 22 heavy (non-hydrogen) atoms. The van der Waals surface area contributed by atoms with Gasteiger partial charge in [-0.3, -0.25) is 4.79 Å². The Morgan fingerprint density at radius 3 is 2.82 bits per heavy atom. The molecule has 2 rings (SSSR count). The Kier molecular flexibility index (Phi) is 5.41. The monoisotopic (exact) mass is 304 g/mol. The van der Waals surface area contributed by atoms with Crippen LogP contribution in [0.1, 0.15) is 61.8 Å². The quantitative estimate of drug-likeness (QED) is 0.707. The number of fused-ring (bicyclic) bond motifs is 1. The van der Waals surface area contributed by atoms with Crippen molar-refractivity contribution in [3.8, 4) is 0 Å². The number of rotatable bonds is 6. The number of aliphatic carboxylic acids is 1. The zero-order valence-corrected chi connectivity index (χ0v) is 13.2. The molecule has 0 saturated heterocycles. The Morgan fingerprint density at radius 2 is 2.14 bits per heavy atom. The number of hydrogen-bond acceptors (Lipinski definition) is 2. The molecule has 3 N–H and O–H groups in total. The minimum Gasteiger partial charge on any atom is -0.481 e. The van der Waals surface area contributed by atoms with E-state index in [0.29, 0.717) is 18.9 Å². The Bertz CT molecular complexity index is 555. The van der Waals surface area contributed by atoms with E-state index in [4.69, 9.17) is 5.11 Å². The Labute approximate surface area is 131 Å². The molecule has 2 amide bonds. The zero-order valence-electron chi connectivity index (χ0n) is 13.2. The van der Waals surface area contributed by atoms with Crippen LogP contribution in [0.2, 0.25) is 0 Å². The molecule has 0 saturated carbocycles. The van der Waals surface area contributed by atoms with Gasteiger partial charge in [0.1, 0.15) is 0 Å². The number of urea groups is 1. The molecule has 1 unspecified atom stereocenters. The highest BCUT2D eigenvalue weighted by Crippen LogP contribution is 2.33. The number of carbonyl (C=O) groups is 2. The molecular formula is C17H24N2O3. The van der Waals surface area contributed by atoms with E-state index >= 15 is 0 Å². The fourth-order valence-corrected chi connectivity index (χ4v) is 2.78. The number of carboxylic acids is 1. The number of carbonyl (C=O) groups excluding carboxylic acids is 1. The van der Waals surface area contributed by atoms with Crippen molar-refractivity contribution < 1.29 is 14.7 Å². The van der Waals surface area contributed by atoms with Crippen LogP contribution >= 0.6 is 0 Å². The van der Waals surface area contributed by atoms with Gasteiger partial charge in [-0.2, -0.15) is 0 Å². The van der Waals surface area contributed by atoms with E-state index in [2.05, 4.69) is 42.7 Å². The summed E-state index contributed by atoms with van der Waals surface area (Å²) in [5, 5.41) is 14.3. The van der Waals surface area contributed by atoms with Gasteiger partial charge in [0.15, 0.2) is 0 Å². The topological polar surface area (TPSA) is 78.4 Å². The van der Waals surface area contributed by atoms with Crippen molar-refractivity contribution in [2.45, 2.75) is 51.5 Å². The van der Waals surface area contributed by atoms with Gasteiger partial charge in [-0.05, 0) is 41.9 Å². The predicted octanol–water partition coefficient (Wildman–Crippen LogP) is 2.96. The van der Waals surface area contributed by atoms with Gasteiger partial charge in [-0.1, -0.05) is 32.0 Å². The van der Waals surface area contributed by atoms with E-state index in [0.717, 1.165) is 12.8 Å². The first-order valence-electron chi connectivity index (χ1n) is 7.86. The maximum absolute atomic E-state index is 11.9. The van der Waals surface area contributed by atoms with Gasteiger partial charge >= 0.3 is 12.0 Å². The zero-order chi connectivity index (χ0) is 16.1. The number of aryl methyl sites for hydroxylation is 1. The summed E-state index contributed by atoms with van der Waals surface area (Å²) in [6, 6.07) is 6.35. The molecule has 0 aliphatic heterocycles. The molecule has 0 bridgehead atoms. The molecule has 1 atom stereocenters. The van der Waals surface area contributed by atoms with Crippen LogP contribution in [0.25, 0.3) is 0 Å². The average Bonchev–Trinajstić information content (AvgIpc) is 2.85. The molecular weight excluding hydrogens is 280 g/mol. The fourth-order valence-electron chi connectivity index (χ4n) is 2.78.